The van der Waals surface area contributed by atoms with E-state index in [9.17, 15) is 9.90 Å². The van der Waals surface area contributed by atoms with Crippen LogP contribution in [0.3, 0.4) is 0 Å². The van der Waals surface area contributed by atoms with Gasteiger partial charge in [-0.2, -0.15) is 0 Å². The molecule has 0 aliphatic rings. The summed E-state index contributed by atoms with van der Waals surface area (Å²) in [6, 6.07) is 11.8. The van der Waals surface area contributed by atoms with Gasteiger partial charge in [0.2, 0.25) is 0 Å². The molecular weight excluding hydrogens is 240 g/mol. The molecule has 4 heteroatoms. The number of hydrogen-bond donors (Lipinski definition) is 2. The molecule has 0 aliphatic heterocycles. The molecule has 2 aromatic carbocycles. The van der Waals surface area contributed by atoms with Crippen molar-refractivity contribution in [3.63, 3.8) is 0 Å². The van der Waals surface area contributed by atoms with Crippen molar-refractivity contribution in [3.8, 4) is 5.75 Å². The van der Waals surface area contributed by atoms with E-state index in [4.69, 9.17) is 5.73 Å². The minimum atomic E-state index is -0.157. The van der Waals surface area contributed by atoms with Crippen molar-refractivity contribution in [3.05, 3.63) is 53.6 Å². The van der Waals surface area contributed by atoms with Crippen LogP contribution in [0.2, 0.25) is 0 Å². The third kappa shape index (κ3) is 2.68. The molecule has 0 radical (unpaired) electrons. The van der Waals surface area contributed by atoms with Gasteiger partial charge in [-0.05, 0) is 36.8 Å². The maximum atomic E-state index is 12.4. The van der Waals surface area contributed by atoms with Crippen LogP contribution in [0.15, 0.2) is 42.5 Å². The van der Waals surface area contributed by atoms with E-state index in [1.165, 1.54) is 4.90 Å². The average Bonchev–Trinajstić information content (AvgIpc) is 2.40. The van der Waals surface area contributed by atoms with E-state index in [0.717, 1.165) is 5.56 Å². The smallest absolute Gasteiger partial charge is 0.258 e. The predicted octanol–water partition coefficient (Wildman–Crippen LogP) is 2.56. The number of nitrogens with zero attached hydrogens (tertiary/aromatic N) is 1. The Morgan fingerprint density at radius 2 is 1.95 bits per heavy atom. The molecule has 98 valence electrons. The summed E-state index contributed by atoms with van der Waals surface area (Å²) in [5.74, 6) is -0.0307. The zero-order valence-corrected chi connectivity index (χ0v) is 10.9. The number of nitrogens with two attached hydrogens (primary N) is 1. The lowest BCUT2D eigenvalue weighted by molar-refractivity contribution is 0.0992. The lowest BCUT2D eigenvalue weighted by Crippen LogP contribution is -2.26. The molecule has 0 spiro atoms. The molecule has 0 unspecified atom stereocenters. The Kier molecular flexibility index (Phi) is 3.42. The van der Waals surface area contributed by atoms with Gasteiger partial charge in [-0.15, -0.1) is 0 Å². The summed E-state index contributed by atoms with van der Waals surface area (Å²) >= 11 is 0. The monoisotopic (exact) mass is 256 g/mol. The molecule has 0 aliphatic carbocycles. The number of nitrogen functional groups attached to an aromatic ring is 1. The van der Waals surface area contributed by atoms with Crippen molar-refractivity contribution in [2.24, 2.45) is 0 Å². The van der Waals surface area contributed by atoms with Gasteiger partial charge in [-0.3, -0.25) is 4.79 Å². The molecule has 3 N–H and O–H groups in total. The fourth-order valence-electron chi connectivity index (χ4n) is 1.87. The van der Waals surface area contributed by atoms with E-state index in [0.29, 0.717) is 16.9 Å². The first-order valence-corrected chi connectivity index (χ1v) is 5.92. The van der Waals surface area contributed by atoms with Crippen LogP contribution >= 0.6 is 0 Å². The summed E-state index contributed by atoms with van der Waals surface area (Å²) in [4.78, 5) is 13.9. The molecular formula is C15H16N2O2. The highest BCUT2D eigenvalue weighted by Crippen LogP contribution is 2.22. The van der Waals surface area contributed by atoms with E-state index in [1.807, 2.05) is 13.0 Å². The van der Waals surface area contributed by atoms with E-state index in [2.05, 4.69) is 0 Å². The van der Waals surface area contributed by atoms with Gasteiger partial charge >= 0.3 is 0 Å². The average molecular weight is 256 g/mol. The minimum absolute atomic E-state index is 0.126. The molecule has 4 nitrogen and oxygen atoms in total. The van der Waals surface area contributed by atoms with Gasteiger partial charge in [0, 0.05) is 30.1 Å². The fourth-order valence-corrected chi connectivity index (χ4v) is 1.87. The van der Waals surface area contributed by atoms with Crippen LogP contribution in [-0.2, 0) is 0 Å². The first-order valence-electron chi connectivity index (χ1n) is 5.92. The fraction of sp³-hybridized carbons (Fsp3) is 0.133. The Hall–Kier alpha value is -2.49. The molecule has 0 fully saturated rings. The zero-order chi connectivity index (χ0) is 14.0. The highest BCUT2D eigenvalue weighted by Gasteiger charge is 2.16. The van der Waals surface area contributed by atoms with Gasteiger partial charge in [0.05, 0.1) is 0 Å². The highest BCUT2D eigenvalue weighted by atomic mass is 16.3. The number of phenols is 1. The minimum Gasteiger partial charge on any atom is -0.508 e. The molecule has 19 heavy (non-hydrogen) atoms. The number of phenolic OH excluding ortho intramolecular Hbond substituents is 1. The van der Waals surface area contributed by atoms with Crippen LogP contribution in [0.1, 0.15) is 15.9 Å². The number of aryl methyl sites for hydroxylation is 1. The predicted molar refractivity (Wildman–Crippen MR) is 76.4 cm³/mol. The molecule has 0 heterocycles. The lowest BCUT2D eigenvalue weighted by Gasteiger charge is -2.19. The van der Waals surface area contributed by atoms with Crippen molar-refractivity contribution in [1.82, 2.24) is 0 Å². The van der Waals surface area contributed by atoms with Crippen molar-refractivity contribution in [2.45, 2.75) is 6.92 Å². The second-order valence-corrected chi connectivity index (χ2v) is 4.46. The number of amides is 1. The number of anilines is 2. The number of carbonyl (C=O) groups excluding carboxylic acids is 1. The molecule has 0 bridgehead atoms. The van der Waals surface area contributed by atoms with Crippen molar-refractivity contribution >= 4 is 17.3 Å². The second-order valence-electron chi connectivity index (χ2n) is 4.46. The molecule has 0 saturated heterocycles. The Labute approximate surface area is 112 Å². The molecule has 0 saturated carbocycles. The Morgan fingerprint density at radius 1 is 1.21 bits per heavy atom. The molecule has 1 amide bonds. The summed E-state index contributed by atoms with van der Waals surface area (Å²) in [6.45, 7) is 1.86. The number of carbonyl (C=O) groups is 1. The normalized spacial score (nSPS) is 10.2. The van der Waals surface area contributed by atoms with Gasteiger partial charge < -0.3 is 15.7 Å². The topological polar surface area (TPSA) is 66.6 Å². The largest absolute Gasteiger partial charge is 0.508 e. The summed E-state index contributed by atoms with van der Waals surface area (Å²) in [5, 5.41) is 9.46. The Bertz CT molecular complexity index is 623. The molecule has 0 atom stereocenters. The van der Waals surface area contributed by atoms with Crippen LogP contribution in [-0.4, -0.2) is 18.1 Å². The van der Waals surface area contributed by atoms with Gasteiger partial charge in [-0.1, -0.05) is 12.1 Å². The quantitative estimate of drug-likeness (QED) is 0.811. The molecule has 2 rings (SSSR count). The second kappa shape index (κ2) is 5.02. The van der Waals surface area contributed by atoms with E-state index in [-0.39, 0.29) is 11.7 Å². The van der Waals surface area contributed by atoms with Gasteiger partial charge in [-0.25, -0.2) is 0 Å². The Balaban J connectivity index is 2.36. The van der Waals surface area contributed by atoms with Crippen LogP contribution in [0.25, 0.3) is 0 Å². The Morgan fingerprint density at radius 3 is 2.63 bits per heavy atom. The first-order chi connectivity index (χ1) is 8.99. The van der Waals surface area contributed by atoms with Crippen LogP contribution < -0.4 is 10.6 Å². The third-order valence-electron chi connectivity index (χ3n) is 3.01. The summed E-state index contributed by atoms with van der Waals surface area (Å²) in [7, 11) is 1.67. The zero-order valence-electron chi connectivity index (χ0n) is 10.9. The van der Waals surface area contributed by atoms with Gasteiger partial charge in [0.15, 0.2) is 0 Å². The van der Waals surface area contributed by atoms with Crippen molar-refractivity contribution in [1.29, 1.82) is 0 Å². The standard InChI is InChI=1S/C15H16N2O2/c1-10-6-7-11(16)8-14(10)15(19)17(2)12-4-3-5-13(18)9-12/h3-9,18H,16H2,1-2H3. The number of rotatable bonds is 2. The van der Waals surface area contributed by atoms with E-state index >= 15 is 0 Å². The number of aromatic hydroxyl groups is 1. The van der Waals surface area contributed by atoms with Gasteiger partial charge in [0.1, 0.15) is 5.75 Å². The SMILES string of the molecule is Cc1ccc(N)cc1C(=O)N(C)c1cccc(O)c1. The van der Waals surface area contributed by atoms with Crippen molar-refractivity contribution < 1.29 is 9.90 Å². The maximum Gasteiger partial charge on any atom is 0.258 e. The summed E-state index contributed by atoms with van der Waals surface area (Å²) < 4.78 is 0. The lowest BCUT2D eigenvalue weighted by atomic mass is 10.1. The third-order valence-corrected chi connectivity index (χ3v) is 3.01. The highest BCUT2D eigenvalue weighted by molar-refractivity contribution is 6.07. The maximum absolute atomic E-state index is 12.4. The van der Waals surface area contributed by atoms with Gasteiger partial charge in [0.25, 0.3) is 5.91 Å². The first kappa shape index (κ1) is 13.0. The molecule has 2 aromatic rings. The summed E-state index contributed by atoms with van der Waals surface area (Å²) in [6.07, 6.45) is 0. The number of hydrogen-bond acceptors (Lipinski definition) is 3. The molecule has 0 aromatic heterocycles. The number of benzene rings is 2. The summed E-state index contributed by atoms with van der Waals surface area (Å²) in [5.41, 5.74) is 8.33. The van der Waals surface area contributed by atoms with Crippen molar-refractivity contribution in [2.75, 3.05) is 17.7 Å². The van der Waals surface area contributed by atoms with Crippen LogP contribution in [0.4, 0.5) is 11.4 Å². The van der Waals surface area contributed by atoms with E-state index < -0.39 is 0 Å². The van der Waals surface area contributed by atoms with E-state index in [1.54, 1.807) is 43.4 Å². The van der Waals surface area contributed by atoms with Crippen LogP contribution in [0.5, 0.6) is 5.75 Å². The van der Waals surface area contributed by atoms with Crippen LogP contribution in [0, 0.1) is 6.92 Å².